The van der Waals surface area contributed by atoms with E-state index in [-0.39, 0.29) is 25.5 Å². The van der Waals surface area contributed by atoms with E-state index in [9.17, 15) is 9.59 Å². The van der Waals surface area contributed by atoms with E-state index in [2.05, 4.69) is 5.32 Å². The zero-order valence-corrected chi connectivity index (χ0v) is 15.1. The largest absolute Gasteiger partial charge is 0.493 e. The maximum absolute atomic E-state index is 11.9. The maximum Gasteiger partial charge on any atom is 0.309 e. The SMILES string of the molecule is CSc1ccccc1NC(=O)COC(=O)CCOc1ccccc1C. The molecule has 5 nitrogen and oxygen atoms in total. The molecule has 0 aliphatic carbocycles. The van der Waals surface area contributed by atoms with Gasteiger partial charge in [0.05, 0.1) is 18.7 Å². The molecule has 25 heavy (non-hydrogen) atoms. The van der Waals surface area contributed by atoms with Gasteiger partial charge in [0.1, 0.15) is 5.75 Å². The molecule has 2 aromatic carbocycles. The molecular weight excluding hydrogens is 338 g/mol. The number of rotatable bonds is 8. The Morgan fingerprint density at radius 2 is 1.80 bits per heavy atom. The minimum atomic E-state index is -0.470. The number of carbonyl (C=O) groups excluding carboxylic acids is 2. The van der Waals surface area contributed by atoms with E-state index >= 15 is 0 Å². The van der Waals surface area contributed by atoms with Gasteiger partial charge in [0.15, 0.2) is 6.61 Å². The van der Waals surface area contributed by atoms with E-state index in [1.54, 1.807) is 0 Å². The Kier molecular flexibility index (Phi) is 7.35. The highest BCUT2D eigenvalue weighted by molar-refractivity contribution is 7.98. The van der Waals surface area contributed by atoms with Crippen LogP contribution >= 0.6 is 11.8 Å². The number of ether oxygens (including phenoxy) is 2. The topological polar surface area (TPSA) is 64.6 Å². The van der Waals surface area contributed by atoms with Crippen molar-refractivity contribution in [2.75, 3.05) is 24.8 Å². The molecule has 1 amide bonds. The van der Waals surface area contributed by atoms with Crippen LogP contribution in [-0.4, -0.2) is 31.3 Å². The predicted octanol–water partition coefficient (Wildman–Crippen LogP) is 3.67. The van der Waals surface area contributed by atoms with Crippen LogP contribution in [0.1, 0.15) is 12.0 Å². The number of anilines is 1. The molecule has 0 aliphatic heterocycles. The fraction of sp³-hybridized carbons (Fsp3) is 0.263. The Hall–Kier alpha value is -2.47. The Balaban J connectivity index is 1.71. The van der Waals surface area contributed by atoms with Crippen LogP contribution in [-0.2, 0) is 14.3 Å². The van der Waals surface area contributed by atoms with Crippen LogP contribution in [0.2, 0.25) is 0 Å². The highest BCUT2D eigenvalue weighted by Crippen LogP contribution is 2.24. The third-order valence-corrected chi connectivity index (χ3v) is 4.20. The monoisotopic (exact) mass is 359 g/mol. The van der Waals surface area contributed by atoms with Gasteiger partial charge >= 0.3 is 5.97 Å². The number of amides is 1. The van der Waals surface area contributed by atoms with Gasteiger partial charge in [-0.3, -0.25) is 9.59 Å². The molecule has 0 saturated carbocycles. The predicted molar refractivity (Wildman–Crippen MR) is 99.1 cm³/mol. The van der Waals surface area contributed by atoms with E-state index in [1.807, 2.05) is 61.7 Å². The third-order valence-electron chi connectivity index (χ3n) is 3.40. The van der Waals surface area contributed by atoms with Gasteiger partial charge in [0, 0.05) is 4.90 Å². The molecule has 132 valence electrons. The Morgan fingerprint density at radius 1 is 1.08 bits per heavy atom. The molecule has 0 radical (unpaired) electrons. The second-order valence-electron chi connectivity index (χ2n) is 5.27. The molecule has 2 aromatic rings. The molecule has 1 N–H and O–H groups in total. The van der Waals surface area contributed by atoms with Gasteiger partial charge in [-0.25, -0.2) is 0 Å². The third kappa shape index (κ3) is 6.15. The Labute approximate surface area is 151 Å². The molecule has 6 heteroatoms. The van der Waals surface area contributed by atoms with Crippen molar-refractivity contribution in [2.24, 2.45) is 0 Å². The second-order valence-corrected chi connectivity index (χ2v) is 6.12. The lowest BCUT2D eigenvalue weighted by Gasteiger charge is -2.10. The van der Waals surface area contributed by atoms with Crippen molar-refractivity contribution in [1.82, 2.24) is 0 Å². The molecule has 0 bridgehead atoms. The molecule has 0 aliphatic rings. The Bertz CT molecular complexity index is 733. The summed E-state index contributed by atoms with van der Waals surface area (Å²) in [7, 11) is 0. The first-order valence-electron chi connectivity index (χ1n) is 7.87. The van der Waals surface area contributed by atoms with Crippen LogP contribution in [0.25, 0.3) is 0 Å². The average Bonchev–Trinajstić information content (AvgIpc) is 2.62. The first-order chi connectivity index (χ1) is 12.1. The summed E-state index contributed by atoms with van der Waals surface area (Å²) in [5.41, 5.74) is 1.71. The van der Waals surface area contributed by atoms with E-state index in [4.69, 9.17) is 9.47 Å². The van der Waals surface area contributed by atoms with Gasteiger partial charge in [0.2, 0.25) is 0 Å². The number of para-hydroxylation sites is 2. The smallest absolute Gasteiger partial charge is 0.309 e. The van der Waals surface area contributed by atoms with E-state index < -0.39 is 5.97 Å². The highest BCUT2D eigenvalue weighted by atomic mass is 32.2. The fourth-order valence-corrected chi connectivity index (χ4v) is 2.67. The molecule has 0 aromatic heterocycles. The minimum Gasteiger partial charge on any atom is -0.493 e. The number of nitrogens with one attached hydrogen (secondary N) is 1. The number of benzene rings is 2. The summed E-state index contributed by atoms with van der Waals surface area (Å²) < 4.78 is 10.5. The first-order valence-corrected chi connectivity index (χ1v) is 9.09. The summed E-state index contributed by atoms with van der Waals surface area (Å²) in [6.07, 6.45) is 2.02. The minimum absolute atomic E-state index is 0.0863. The molecule has 0 fully saturated rings. The summed E-state index contributed by atoms with van der Waals surface area (Å²) in [5, 5.41) is 2.74. The summed E-state index contributed by atoms with van der Waals surface area (Å²) >= 11 is 1.53. The van der Waals surface area contributed by atoms with Crippen LogP contribution < -0.4 is 10.1 Å². The van der Waals surface area contributed by atoms with Crippen molar-refractivity contribution < 1.29 is 19.1 Å². The lowest BCUT2D eigenvalue weighted by molar-refractivity contribution is -0.147. The maximum atomic E-state index is 11.9. The van der Waals surface area contributed by atoms with Gasteiger partial charge in [-0.1, -0.05) is 30.3 Å². The summed E-state index contributed by atoms with van der Waals surface area (Å²) in [6, 6.07) is 15.0. The number of aryl methyl sites for hydroxylation is 1. The number of thioether (sulfide) groups is 1. The van der Waals surface area contributed by atoms with Gasteiger partial charge in [-0.2, -0.15) is 0 Å². The quantitative estimate of drug-likeness (QED) is 0.575. The van der Waals surface area contributed by atoms with Crippen molar-refractivity contribution >= 4 is 29.3 Å². The molecule has 0 saturated heterocycles. The summed E-state index contributed by atoms with van der Waals surface area (Å²) in [4.78, 5) is 24.6. The van der Waals surface area contributed by atoms with Gasteiger partial charge in [0.25, 0.3) is 5.91 Å². The van der Waals surface area contributed by atoms with Crippen LogP contribution in [0.4, 0.5) is 5.69 Å². The first kappa shape index (κ1) is 18.9. The Morgan fingerprint density at radius 3 is 2.56 bits per heavy atom. The number of carbonyl (C=O) groups is 2. The lowest BCUT2D eigenvalue weighted by atomic mass is 10.2. The lowest BCUT2D eigenvalue weighted by Crippen LogP contribution is -2.22. The van der Waals surface area contributed by atoms with E-state index in [0.29, 0.717) is 5.69 Å². The molecular formula is C19H21NO4S. The fourth-order valence-electron chi connectivity index (χ4n) is 2.12. The van der Waals surface area contributed by atoms with Gasteiger partial charge in [-0.05, 0) is 36.9 Å². The second kappa shape index (κ2) is 9.74. The zero-order chi connectivity index (χ0) is 18.1. The molecule has 2 rings (SSSR count). The van der Waals surface area contributed by atoms with Crippen LogP contribution in [0.15, 0.2) is 53.4 Å². The van der Waals surface area contributed by atoms with Gasteiger partial charge in [-0.15, -0.1) is 11.8 Å². The van der Waals surface area contributed by atoms with Crippen molar-refractivity contribution in [3.8, 4) is 5.75 Å². The van der Waals surface area contributed by atoms with Crippen molar-refractivity contribution in [2.45, 2.75) is 18.2 Å². The highest BCUT2D eigenvalue weighted by Gasteiger charge is 2.10. The van der Waals surface area contributed by atoms with Crippen LogP contribution in [0.3, 0.4) is 0 Å². The van der Waals surface area contributed by atoms with Crippen molar-refractivity contribution in [3.05, 3.63) is 54.1 Å². The van der Waals surface area contributed by atoms with Gasteiger partial charge < -0.3 is 14.8 Å². The summed E-state index contributed by atoms with van der Waals surface area (Å²) in [6.45, 7) is 1.83. The standard InChI is InChI=1S/C19H21NO4S/c1-14-7-3-5-9-16(14)23-12-11-19(22)24-13-18(21)20-15-8-4-6-10-17(15)25-2/h3-10H,11-13H2,1-2H3,(H,20,21). The zero-order valence-electron chi connectivity index (χ0n) is 14.3. The van der Waals surface area contributed by atoms with E-state index in [1.165, 1.54) is 11.8 Å². The van der Waals surface area contributed by atoms with Crippen molar-refractivity contribution in [3.63, 3.8) is 0 Å². The number of hydrogen-bond donors (Lipinski definition) is 1. The molecule has 0 atom stereocenters. The molecule has 0 unspecified atom stereocenters. The summed E-state index contributed by atoms with van der Waals surface area (Å²) in [5.74, 6) is -0.0988. The normalized spacial score (nSPS) is 10.2. The van der Waals surface area contributed by atoms with E-state index in [0.717, 1.165) is 16.2 Å². The number of hydrogen-bond acceptors (Lipinski definition) is 5. The molecule has 0 heterocycles. The van der Waals surface area contributed by atoms with Crippen molar-refractivity contribution in [1.29, 1.82) is 0 Å². The molecule has 0 spiro atoms. The van der Waals surface area contributed by atoms with Crippen LogP contribution in [0.5, 0.6) is 5.75 Å². The average molecular weight is 359 g/mol. The number of esters is 1. The van der Waals surface area contributed by atoms with Crippen LogP contribution in [0, 0.1) is 6.92 Å².